The standard InChI is InChI=1S/C16H20ClNO2/c1-10-9-16(3,4)18(15(19)11(2)17)14-7-6-12(20-5)8-13(10)14/h6-9,11H,1-5H3. The molecule has 1 aromatic rings. The van der Waals surface area contributed by atoms with Crippen molar-refractivity contribution >= 4 is 28.8 Å². The van der Waals surface area contributed by atoms with E-state index >= 15 is 0 Å². The molecule has 1 amide bonds. The molecule has 0 bridgehead atoms. The van der Waals surface area contributed by atoms with Crippen molar-refractivity contribution in [1.82, 2.24) is 0 Å². The van der Waals surface area contributed by atoms with Crippen LogP contribution in [0.1, 0.15) is 33.3 Å². The number of nitrogens with zero attached hydrogens (tertiary/aromatic N) is 1. The zero-order chi connectivity index (χ0) is 15.1. The van der Waals surface area contributed by atoms with Crippen molar-refractivity contribution in [2.24, 2.45) is 0 Å². The van der Waals surface area contributed by atoms with E-state index < -0.39 is 10.9 Å². The third-order valence-electron chi connectivity index (χ3n) is 3.58. The number of hydrogen-bond donors (Lipinski definition) is 0. The Bertz CT molecular complexity index is 576. The molecule has 0 spiro atoms. The number of carbonyl (C=O) groups is 1. The Kier molecular flexibility index (Phi) is 3.83. The van der Waals surface area contributed by atoms with Crippen molar-refractivity contribution < 1.29 is 9.53 Å². The third kappa shape index (κ3) is 2.42. The van der Waals surface area contributed by atoms with E-state index in [1.54, 1.807) is 18.9 Å². The molecule has 1 atom stereocenters. The molecule has 0 saturated heterocycles. The van der Waals surface area contributed by atoms with E-state index in [1.165, 1.54) is 0 Å². The maximum Gasteiger partial charge on any atom is 0.245 e. The third-order valence-corrected chi connectivity index (χ3v) is 3.76. The number of fused-ring (bicyclic) bond motifs is 1. The first-order chi connectivity index (χ1) is 9.27. The van der Waals surface area contributed by atoms with Crippen molar-refractivity contribution in [3.8, 4) is 5.75 Å². The number of amides is 1. The van der Waals surface area contributed by atoms with Gasteiger partial charge in [-0.2, -0.15) is 0 Å². The van der Waals surface area contributed by atoms with E-state index in [9.17, 15) is 4.79 Å². The summed E-state index contributed by atoms with van der Waals surface area (Å²) < 4.78 is 5.27. The van der Waals surface area contributed by atoms with E-state index in [2.05, 4.69) is 6.08 Å². The van der Waals surface area contributed by atoms with Crippen LogP contribution in [-0.2, 0) is 4.79 Å². The molecule has 1 unspecified atom stereocenters. The minimum Gasteiger partial charge on any atom is -0.497 e. The van der Waals surface area contributed by atoms with Gasteiger partial charge < -0.3 is 9.64 Å². The van der Waals surface area contributed by atoms with Gasteiger partial charge >= 0.3 is 0 Å². The summed E-state index contributed by atoms with van der Waals surface area (Å²) >= 11 is 6.01. The normalized spacial score (nSPS) is 18.1. The number of alkyl halides is 1. The Morgan fingerprint density at radius 3 is 2.60 bits per heavy atom. The Morgan fingerprint density at radius 1 is 1.40 bits per heavy atom. The molecule has 20 heavy (non-hydrogen) atoms. The molecule has 0 N–H and O–H groups in total. The number of ether oxygens (including phenoxy) is 1. The number of benzene rings is 1. The predicted octanol–water partition coefficient (Wildman–Crippen LogP) is 3.85. The Hall–Kier alpha value is -1.48. The number of hydrogen-bond acceptors (Lipinski definition) is 2. The zero-order valence-electron chi connectivity index (χ0n) is 12.5. The molecule has 3 nitrogen and oxygen atoms in total. The summed E-state index contributed by atoms with van der Waals surface area (Å²) in [5.74, 6) is 0.689. The van der Waals surface area contributed by atoms with Crippen LogP contribution in [0.2, 0.25) is 0 Å². The van der Waals surface area contributed by atoms with Crippen LogP contribution in [0.5, 0.6) is 5.75 Å². The summed E-state index contributed by atoms with van der Waals surface area (Å²) in [5, 5.41) is -0.559. The highest BCUT2D eigenvalue weighted by Gasteiger charge is 2.37. The van der Waals surface area contributed by atoms with Crippen LogP contribution in [0, 0.1) is 0 Å². The number of anilines is 1. The second-order valence-electron chi connectivity index (χ2n) is 5.65. The Morgan fingerprint density at radius 2 is 2.05 bits per heavy atom. The van der Waals surface area contributed by atoms with E-state index in [4.69, 9.17) is 16.3 Å². The summed E-state index contributed by atoms with van der Waals surface area (Å²) in [7, 11) is 1.64. The summed E-state index contributed by atoms with van der Waals surface area (Å²) in [4.78, 5) is 14.2. The average Bonchev–Trinajstić information content (AvgIpc) is 2.37. The van der Waals surface area contributed by atoms with Gasteiger partial charge in [-0.05, 0) is 51.5 Å². The molecule has 0 radical (unpaired) electrons. The smallest absolute Gasteiger partial charge is 0.245 e. The van der Waals surface area contributed by atoms with E-state index in [0.717, 1.165) is 22.6 Å². The van der Waals surface area contributed by atoms with Crippen LogP contribution in [-0.4, -0.2) is 23.9 Å². The SMILES string of the molecule is COc1ccc2c(c1)C(C)=CC(C)(C)N2C(=O)C(C)Cl. The highest BCUT2D eigenvalue weighted by atomic mass is 35.5. The Balaban J connectivity index is 2.62. The number of carbonyl (C=O) groups excluding carboxylic acids is 1. The van der Waals surface area contributed by atoms with E-state index in [-0.39, 0.29) is 5.91 Å². The molecule has 2 rings (SSSR count). The van der Waals surface area contributed by atoms with Gasteiger partial charge in [0.1, 0.15) is 11.1 Å². The topological polar surface area (TPSA) is 29.5 Å². The molecular weight excluding hydrogens is 274 g/mol. The minimum absolute atomic E-state index is 0.0909. The monoisotopic (exact) mass is 293 g/mol. The van der Waals surface area contributed by atoms with Crippen molar-refractivity contribution in [3.63, 3.8) is 0 Å². The van der Waals surface area contributed by atoms with Crippen LogP contribution in [0.25, 0.3) is 5.57 Å². The van der Waals surface area contributed by atoms with Crippen molar-refractivity contribution in [1.29, 1.82) is 0 Å². The number of halogens is 1. The van der Waals surface area contributed by atoms with Crippen LogP contribution in [0.15, 0.2) is 24.3 Å². The quantitative estimate of drug-likeness (QED) is 0.775. The van der Waals surface area contributed by atoms with Gasteiger partial charge in [0, 0.05) is 5.56 Å². The van der Waals surface area contributed by atoms with Crippen LogP contribution in [0.4, 0.5) is 5.69 Å². The van der Waals surface area contributed by atoms with Crippen LogP contribution < -0.4 is 9.64 Å². The second-order valence-corrected chi connectivity index (χ2v) is 6.31. The molecule has 1 aliphatic rings. The van der Waals surface area contributed by atoms with Crippen molar-refractivity contribution in [3.05, 3.63) is 29.8 Å². The first-order valence-electron chi connectivity index (χ1n) is 6.64. The van der Waals surface area contributed by atoms with Crippen LogP contribution >= 0.6 is 11.6 Å². The molecule has 0 fully saturated rings. The van der Waals surface area contributed by atoms with Gasteiger partial charge in [-0.25, -0.2) is 0 Å². The lowest BCUT2D eigenvalue weighted by Gasteiger charge is -2.42. The minimum atomic E-state index is -0.559. The summed E-state index contributed by atoms with van der Waals surface area (Å²) in [5.41, 5.74) is 2.63. The highest BCUT2D eigenvalue weighted by Crippen LogP contribution is 2.41. The summed E-state index contributed by atoms with van der Waals surface area (Å²) in [6.07, 6.45) is 2.09. The second kappa shape index (κ2) is 5.13. The van der Waals surface area contributed by atoms with Gasteiger partial charge in [-0.3, -0.25) is 4.79 Å². The zero-order valence-corrected chi connectivity index (χ0v) is 13.3. The predicted molar refractivity (Wildman–Crippen MR) is 83.5 cm³/mol. The van der Waals surface area contributed by atoms with Crippen molar-refractivity contribution in [2.45, 2.75) is 38.6 Å². The molecule has 1 heterocycles. The first-order valence-corrected chi connectivity index (χ1v) is 7.07. The average molecular weight is 294 g/mol. The highest BCUT2D eigenvalue weighted by molar-refractivity contribution is 6.33. The molecule has 0 saturated carbocycles. The molecule has 0 aliphatic carbocycles. The number of allylic oxidation sites excluding steroid dienone is 1. The van der Waals surface area contributed by atoms with Gasteiger partial charge in [-0.1, -0.05) is 6.08 Å². The molecule has 4 heteroatoms. The van der Waals surface area contributed by atoms with Gasteiger partial charge in [0.2, 0.25) is 5.91 Å². The fourth-order valence-corrected chi connectivity index (χ4v) is 2.81. The van der Waals surface area contributed by atoms with E-state index in [1.807, 2.05) is 39.0 Å². The molecule has 108 valence electrons. The summed E-state index contributed by atoms with van der Waals surface area (Å²) in [6.45, 7) is 7.78. The maximum atomic E-state index is 12.5. The Labute approximate surface area is 125 Å². The summed E-state index contributed by atoms with van der Waals surface area (Å²) in [6, 6.07) is 5.74. The lowest BCUT2D eigenvalue weighted by atomic mass is 9.88. The molecule has 1 aromatic carbocycles. The number of rotatable bonds is 2. The van der Waals surface area contributed by atoms with E-state index in [0.29, 0.717) is 0 Å². The lowest BCUT2D eigenvalue weighted by molar-refractivity contribution is -0.118. The molecule has 1 aliphatic heterocycles. The fraction of sp³-hybridized carbons (Fsp3) is 0.438. The van der Waals surface area contributed by atoms with Crippen LogP contribution in [0.3, 0.4) is 0 Å². The number of methoxy groups -OCH3 is 1. The van der Waals surface area contributed by atoms with Gasteiger partial charge in [0.15, 0.2) is 0 Å². The van der Waals surface area contributed by atoms with Gasteiger partial charge in [-0.15, -0.1) is 11.6 Å². The van der Waals surface area contributed by atoms with Gasteiger partial charge in [0.05, 0.1) is 18.3 Å². The van der Waals surface area contributed by atoms with Gasteiger partial charge in [0.25, 0.3) is 0 Å². The lowest BCUT2D eigenvalue weighted by Crippen LogP contribution is -2.51. The fourth-order valence-electron chi connectivity index (χ4n) is 2.72. The molecule has 0 aromatic heterocycles. The van der Waals surface area contributed by atoms with Crippen molar-refractivity contribution in [2.75, 3.05) is 12.0 Å². The maximum absolute atomic E-state index is 12.5. The largest absolute Gasteiger partial charge is 0.497 e. The first kappa shape index (κ1) is 14.9. The molecular formula is C16H20ClNO2.